The van der Waals surface area contributed by atoms with Gasteiger partial charge in [0.2, 0.25) is 0 Å². The van der Waals surface area contributed by atoms with Crippen molar-refractivity contribution in [1.82, 2.24) is 0 Å². The van der Waals surface area contributed by atoms with E-state index in [4.69, 9.17) is 9.47 Å². The molecular weight excluding hydrogens is 444 g/mol. The van der Waals surface area contributed by atoms with Crippen molar-refractivity contribution in [3.63, 3.8) is 0 Å². The summed E-state index contributed by atoms with van der Waals surface area (Å²) in [5, 5.41) is 0. The lowest BCUT2D eigenvalue weighted by atomic mass is 9.31. The van der Waals surface area contributed by atoms with Crippen LogP contribution >= 0.6 is 0 Å². The Bertz CT molecular complexity index is 935. The van der Waals surface area contributed by atoms with Gasteiger partial charge in [0.05, 0.1) is 6.10 Å². The predicted octanol–water partition coefficient (Wildman–Crippen LogP) is 8.22. The number of allylic oxidation sites excluding steroid dienone is 1. The number of methoxy groups -OCH3 is 1. The quantitative estimate of drug-likeness (QED) is 0.284. The van der Waals surface area contributed by atoms with Gasteiger partial charge in [0.15, 0.2) is 0 Å². The van der Waals surface area contributed by atoms with Crippen LogP contribution < -0.4 is 0 Å². The van der Waals surface area contributed by atoms with Gasteiger partial charge in [-0.2, -0.15) is 0 Å². The topological polar surface area (TPSA) is 35.5 Å². The fourth-order valence-corrected chi connectivity index (χ4v) is 12.0. The number of ether oxygens (including phenoxy) is 2. The van der Waals surface area contributed by atoms with Gasteiger partial charge in [-0.05, 0) is 104 Å². The average molecular weight is 499 g/mol. The van der Waals surface area contributed by atoms with Crippen LogP contribution in [0.15, 0.2) is 11.6 Å². The second-order valence-electron chi connectivity index (χ2n) is 15.5. The van der Waals surface area contributed by atoms with Crippen molar-refractivity contribution in [3.8, 4) is 0 Å². The lowest BCUT2D eigenvalue weighted by molar-refractivity contribution is -0.258. The largest absolute Gasteiger partial charge is 0.462 e. The molecule has 5 aliphatic carbocycles. The zero-order chi connectivity index (χ0) is 26.5. The minimum absolute atomic E-state index is 0.0361. The molecule has 0 N–H and O–H groups in total. The summed E-state index contributed by atoms with van der Waals surface area (Å²) < 4.78 is 12.1. The second-order valence-corrected chi connectivity index (χ2v) is 15.5. The van der Waals surface area contributed by atoms with Crippen LogP contribution in [0.1, 0.15) is 114 Å². The SMILES string of the molecule is COC1C=C(C)C(C)C2C3CCC4C5(C)CCC(OC(C)=O)C(C)(C)C5CCC4(C)C3(C)CCC12C. The van der Waals surface area contributed by atoms with E-state index in [-0.39, 0.29) is 29.0 Å². The van der Waals surface area contributed by atoms with Crippen LogP contribution in [0.3, 0.4) is 0 Å². The summed E-state index contributed by atoms with van der Waals surface area (Å²) in [4.78, 5) is 11.9. The highest BCUT2D eigenvalue weighted by Gasteiger charge is 2.70. The molecule has 5 aliphatic rings. The molecule has 0 aromatic heterocycles. The summed E-state index contributed by atoms with van der Waals surface area (Å²) in [5.41, 5.74) is 2.88. The number of carbonyl (C=O) groups is 1. The Hall–Kier alpha value is -0.830. The molecule has 0 amide bonds. The Morgan fingerprint density at radius 2 is 1.56 bits per heavy atom. The Morgan fingerprint density at radius 3 is 2.19 bits per heavy atom. The molecule has 0 aromatic carbocycles. The van der Waals surface area contributed by atoms with E-state index in [2.05, 4.69) is 61.5 Å². The average Bonchev–Trinajstić information content (AvgIpc) is 2.79. The van der Waals surface area contributed by atoms with E-state index in [1.54, 1.807) is 12.5 Å². The van der Waals surface area contributed by atoms with Gasteiger partial charge in [0.1, 0.15) is 6.10 Å². The molecule has 5 rings (SSSR count). The Kier molecular flexibility index (Phi) is 6.19. The molecule has 36 heavy (non-hydrogen) atoms. The maximum Gasteiger partial charge on any atom is 0.302 e. The molecule has 4 fully saturated rings. The summed E-state index contributed by atoms with van der Waals surface area (Å²) in [6, 6.07) is 0. The zero-order valence-electron chi connectivity index (χ0n) is 25.0. The first-order valence-electron chi connectivity index (χ1n) is 15.0. The molecule has 0 aromatic rings. The van der Waals surface area contributed by atoms with Crippen molar-refractivity contribution >= 4 is 5.97 Å². The first kappa shape index (κ1) is 26.8. The smallest absolute Gasteiger partial charge is 0.302 e. The third-order valence-corrected chi connectivity index (χ3v) is 14.1. The van der Waals surface area contributed by atoms with Gasteiger partial charge in [-0.1, -0.05) is 60.1 Å². The van der Waals surface area contributed by atoms with E-state index in [1.165, 1.54) is 44.9 Å². The van der Waals surface area contributed by atoms with E-state index in [0.717, 1.165) is 18.3 Å². The number of carbonyl (C=O) groups excluding carboxylic acids is 1. The fourth-order valence-electron chi connectivity index (χ4n) is 12.0. The molecule has 0 spiro atoms. The van der Waals surface area contributed by atoms with Crippen molar-refractivity contribution in [2.45, 2.75) is 126 Å². The number of hydrogen-bond donors (Lipinski definition) is 0. The number of fused-ring (bicyclic) bond motifs is 7. The van der Waals surface area contributed by atoms with Crippen LogP contribution in [0.2, 0.25) is 0 Å². The first-order valence-corrected chi connectivity index (χ1v) is 15.0. The van der Waals surface area contributed by atoms with Crippen molar-refractivity contribution in [3.05, 3.63) is 11.6 Å². The molecule has 11 unspecified atom stereocenters. The van der Waals surface area contributed by atoms with E-state index < -0.39 is 0 Å². The summed E-state index contributed by atoms with van der Waals surface area (Å²) in [6.45, 7) is 21.9. The van der Waals surface area contributed by atoms with Crippen LogP contribution in [-0.4, -0.2) is 25.3 Å². The van der Waals surface area contributed by atoms with Gasteiger partial charge < -0.3 is 9.47 Å². The molecule has 0 saturated heterocycles. The van der Waals surface area contributed by atoms with E-state index >= 15 is 0 Å². The van der Waals surface area contributed by atoms with Crippen LogP contribution in [0.25, 0.3) is 0 Å². The zero-order valence-corrected chi connectivity index (χ0v) is 25.0. The van der Waals surface area contributed by atoms with Crippen LogP contribution in [0.4, 0.5) is 0 Å². The number of hydrogen-bond acceptors (Lipinski definition) is 3. The number of rotatable bonds is 2. The molecule has 3 heteroatoms. The second kappa shape index (κ2) is 8.33. The van der Waals surface area contributed by atoms with Crippen LogP contribution in [0, 0.1) is 56.7 Å². The minimum Gasteiger partial charge on any atom is -0.462 e. The molecule has 4 saturated carbocycles. The predicted molar refractivity (Wildman–Crippen MR) is 146 cm³/mol. The maximum atomic E-state index is 11.9. The highest BCUT2D eigenvalue weighted by Crippen LogP contribution is 2.76. The lowest BCUT2D eigenvalue weighted by Crippen LogP contribution is -2.68. The summed E-state index contributed by atoms with van der Waals surface area (Å²) >= 11 is 0. The third-order valence-electron chi connectivity index (χ3n) is 14.1. The molecule has 0 heterocycles. The highest BCUT2D eigenvalue weighted by atomic mass is 16.5. The third kappa shape index (κ3) is 3.29. The Balaban J connectivity index is 1.51. The van der Waals surface area contributed by atoms with Gasteiger partial charge in [-0.3, -0.25) is 4.79 Å². The van der Waals surface area contributed by atoms with Gasteiger partial charge in [0.25, 0.3) is 0 Å². The van der Waals surface area contributed by atoms with E-state index in [9.17, 15) is 4.79 Å². The number of esters is 1. The molecule has 0 aliphatic heterocycles. The summed E-state index contributed by atoms with van der Waals surface area (Å²) in [5.74, 6) is 3.35. The van der Waals surface area contributed by atoms with Gasteiger partial charge in [-0.25, -0.2) is 0 Å². The summed E-state index contributed by atoms with van der Waals surface area (Å²) in [6.07, 6.45) is 12.9. The fraction of sp³-hybridized carbons (Fsp3) is 0.909. The highest BCUT2D eigenvalue weighted by molar-refractivity contribution is 5.66. The monoisotopic (exact) mass is 498 g/mol. The van der Waals surface area contributed by atoms with Crippen molar-refractivity contribution in [2.75, 3.05) is 7.11 Å². The van der Waals surface area contributed by atoms with E-state index in [0.29, 0.717) is 34.0 Å². The van der Waals surface area contributed by atoms with Crippen LogP contribution in [0.5, 0.6) is 0 Å². The van der Waals surface area contributed by atoms with Crippen LogP contribution in [-0.2, 0) is 14.3 Å². The van der Waals surface area contributed by atoms with Crippen molar-refractivity contribution in [1.29, 1.82) is 0 Å². The maximum absolute atomic E-state index is 11.9. The standard InChI is InChI=1S/C33H54O3/c1-20-19-27(35-10)31(7)17-18-32(8)23(28(31)21(20)2)11-12-25-30(6)15-14-26(36-22(3)34)29(4,5)24(30)13-16-33(25,32)9/h19,21,23-28H,11-18H2,1-10H3. The first-order chi connectivity index (χ1) is 16.7. The van der Waals surface area contributed by atoms with Crippen molar-refractivity contribution in [2.24, 2.45) is 56.7 Å². The van der Waals surface area contributed by atoms with Gasteiger partial charge in [0, 0.05) is 24.9 Å². The van der Waals surface area contributed by atoms with Gasteiger partial charge in [-0.15, -0.1) is 0 Å². The lowest BCUT2D eigenvalue weighted by Gasteiger charge is -2.74. The van der Waals surface area contributed by atoms with E-state index in [1.807, 2.05) is 7.11 Å². The molecular formula is C33H54O3. The normalized spacial score (nSPS) is 53.7. The minimum atomic E-state index is -0.115. The molecule has 0 bridgehead atoms. The molecule has 3 nitrogen and oxygen atoms in total. The Labute approximate surface area is 221 Å². The van der Waals surface area contributed by atoms with Gasteiger partial charge >= 0.3 is 5.97 Å². The molecule has 204 valence electrons. The molecule has 0 radical (unpaired) electrons. The van der Waals surface area contributed by atoms with Crippen molar-refractivity contribution < 1.29 is 14.3 Å². The summed E-state index contributed by atoms with van der Waals surface area (Å²) in [7, 11) is 1.93. The molecule has 11 atom stereocenters. The Morgan fingerprint density at radius 1 is 0.861 bits per heavy atom.